The lowest BCUT2D eigenvalue weighted by molar-refractivity contribution is -0.115. The molecule has 1 aliphatic rings. The molecule has 0 radical (unpaired) electrons. The summed E-state index contributed by atoms with van der Waals surface area (Å²) >= 11 is 0. The molecule has 3 rings (SSSR count). The van der Waals surface area contributed by atoms with Crippen molar-refractivity contribution in [2.45, 2.75) is 30.2 Å². The van der Waals surface area contributed by atoms with Gasteiger partial charge in [0.15, 0.2) is 0 Å². The first kappa shape index (κ1) is 21.0. The molecule has 146 valence electrons. The van der Waals surface area contributed by atoms with E-state index in [1.54, 1.807) is 24.3 Å². The highest BCUT2D eigenvalue weighted by Gasteiger charge is 2.28. The molecule has 0 atom stereocenters. The fourth-order valence-corrected chi connectivity index (χ4v) is 3.79. The summed E-state index contributed by atoms with van der Waals surface area (Å²) in [6.07, 6.45) is 1.84. The summed E-state index contributed by atoms with van der Waals surface area (Å²) in [7, 11) is -2.15. The number of nitrogens with two attached hydrogens (primary N) is 1. The number of halogens is 1. The van der Waals surface area contributed by atoms with Crippen LogP contribution in [0.3, 0.4) is 0 Å². The Bertz CT molecular complexity index is 913. The van der Waals surface area contributed by atoms with Crippen molar-refractivity contribution in [3.05, 3.63) is 48.0 Å². The molecule has 9 heteroatoms. The molecule has 4 N–H and O–H groups in total. The Morgan fingerprint density at radius 2 is 1.85 bits per heavy atom. The number of benzene rings is 2. The van der Waals surface area contributed by atoms with Crippen LogP contribution < -0.4 is 20.5 Å². The number of ether oxygens (including phenoxy) is 1. The first-order valence-electron chi connectivity index (χ1n) is 8.22. The van der Waals surface area contributed by atoms with E-state index in [-0.39, 0.29) is 35.7 Å². The summed E-state index contributed by atoms with van der Waals surface area (Å²) in [6, 6.07) is 11.4. The number of nitrogen functional groups attached to an aromatic ring is 1. The van der Waals surface area contributed by atoms with Crippen LogP contribution >= 0.6 is 12.4 Å². The van der Waals surface area contributed by atoms with Crippen LogP contribution in [0.5, 0.6) is 5.75 Å². The Labute approximate surface area is 164 Å². The molecule has 0 saturated heterocycles. The minimum atomic E-state index is -3.61. The molecule has 0 aromatic heterocycles. The molecular formula is C18H22ClN3O4S. The van der Waals surface area contributed by atoms with Crippen LogP contribution in [-0.2, 0) is 21.2 Å². The number of sulfonamides is 1. The zero-order valence-corrected chi connectivity index (χ0v) is 16.4. The van der Waals surface area contributed by atoms with Crippen LogP contribution in [0.1, 0.15) is 18.4 Å². The van der Waals surface area contributed by atoms with Crippen molar-refractivity contribution in [1.82, 2.24) is 4.72 Å². The van der Waals surface area contributed by atoms with Crippen molar-refractivity contribution in [1.29, 1.82) is 0 Å². The predicted molar refractivity (Wildman–Crippen MR) is 107 cm³/mol. The van der Waals surface area contributed by atoms with Crippen LogP contribution in [0.25, 0.3) is 0 Å². The van der Waals surface area contributed by atoms with Crippen molar-refractivity contribution >= 4 is 39.7 Å². The number of methoxy groups -OCH3 is 1. The third-order valence-corrected chi connectivity index (χ3v) is 5.52. The van der Waals surface area contributed by atoms with E-state index < -0.39 is 10.0 Å². The molecule has 7 nitrogen and oxygen atoms in total. The van der Waals surface area contributed by atoms with Gasteiger partial charge in [-0.05, 0) is 48.7 Å². The third-order valence-electron chi connectivity index (χ3n) is 4.00. The first-order chi connectivity index (χ1) is 12.4. The molecule has 2 aromatic carbocycles. The summed E-state index contributed by atoms with van der Waals surface area (Å²) < 4.78 is 32.6. The quantitative estimate of drug-likeness (QED) is 0.605. The van der Waals surface area contributed by atoms with Crippen molar-refractivity contribution in [3.8, 4) is 5.75 Å². The average molecular weight is 412 g/mol. The molecule has 0 heterocycles. The van der Waals surface area contributed by atoms with Crippen LogP contribution in [0.4, 0.5) is 11.4 Å². The summed E-state index contributed by atoms with van der Waals surface area (Å²) in [4.78, 5) is 12.4. The molecule has 0 spiro atoms. The molecule has 27 heavy (non-hydrogen) atoms. The van der Waals surface area contributed by atoms with E-state index in [1.165, 1.54) is 25.3 Å². The van der Waals surface area contributed by atoms with Crippen LogP contribution in [-0.4, -0.2) is 27.5 Å². The zero-order valence-electron chi connectivity index (χ0n) is 14.8. The van der Waals surface area contributed by atoms with E-state index in [2.05, 4.69) is 10.0 Å². The van der Waals surface area contributed by atoms with E-state index in [9.17, 15) is 13.2 Å². The Morgan fingerprint density at radius 1 is 1.19 bits per heavy atom. The summed E-state index contributed by atoms with van der Waals surface area (Å²) in [5.74, 6) is 0.110. The number of carbonyl (C=O) groups excluding carboxylic acids is 1. The molecule has 0 bridgehead atoms. The molecule has 1 aliphatic carbocycles. The Kier molecular flexibility index (Phi) is 6.69. The number of rotatable bonds is 7. The Hall–Kier alpha value is -2.29. The Morgan fingerprint density at radius 3 is 2.44 bits per heavy atom. The summed E-state index contributed by atoms with van der Waals surface area (Å²) in [6.45, 7) is 0. The molecular weight excluding hydrogens is 390 g/mol. The highest BCUT2D eigenvalue weighted by Crippen LogP contribution is 2.29. The van der Waals surface area contributed by atoms with E-state index in [0.29, 0.717) is 17.1 Å². The second-order valence-corrected chi connectivity index (χ2v) is 7.94. The number of carbonyl (C=O) groups is 1. The van der Waals surface area contributed by atoms with E-state index in [1.807, 2.05) is 0 Å². The van der Waals surface area contributed by atoms with Gasteiger partial charge in [-0.25, -0.2) is 13.1 Å². The zero-order chi connectivity index (χ0) is 18.7. The molecule has 0 aliphatic heterocycles. The van der Waals surface area contributed by atoms with Crippen molar-refractivity contribution in [2.75, 3.05) is 18.2 Å². The summed E-state index contributed by atoms with van der Waals surface area (Å²) in [5, 5.41) is 2.72. The van der Waals surface area contributed by atoms with Crippen molar-refractivity contribution < 1.29 is 17.9 Å². The molecule has 1 amide bonds. The maximum absolute atomic E-state index is 12.4. The number of hydrogen-bond donors (Lipinski definition) is 3. The smallest absolute Gasteiger partial charge is 0.240 e. The average Bonchev–Trinajstić information content (AvgIpc) is 3.40. The summed E-state index contributed by atoms with van der Waals surface area (Å²) in [5.41, 5.74) is 7.37. The lowest BCUT2D eigenvalue weighted by atomic mass is 10.1. The highest BCUT2D eigenvalue weighted by atomic mass is 35.5. The fourth-order valence-electron chi connectivity index (χ4n) is 2.46. The first-order valence-corrected chi connectivity index (χ1v) is 9.70. The van der Waals surface area contributed by atoms with Crippen LogP contribution in [0.2, 0.25) is 0 Å². The molecule has 0 unspecified atom stereocenters. The van der Waals surface area contributed by atoms with Gasteiger partial charge in [-0.2, -0.15) is 0 Å². The maximum Gasteiger partial charge on any atom is 0.240 e. The van der Waals surface area contributed by atoms with Crippen molar-refractivity contribution in [2.24, 2.45) is 0 Å². The minimum absolute atomic E-state index is 0. The lowest BCUT2D eigenvalue weighted by Gasteiger charge is -2.13. The van der Waals surface area contributed by atoms with Gasteiger partial charge in [-0.3, -0.25) is 4.79 Å². The van der Waals surface area contributed by atoms with Gasteiger partial charge in [0, 0.05) is 11.7 Å². The third kappa shape index (κ3) is 5.59. The Balaban J connectivity index is 0.00000261. The highest BCUT2D eigenvalue weighted by molar-refractivity contribution is 7.89. The number of anilines is 2. The number of nitrogens with one attached hydrogen (secondary N) is 2. The molecule has 1 saturated carbocycles. The monoisotopic (exact) mass is 411 g/mol. The minimum Gasteiger partial charge on any atom is -0.495 e. The van der Waals surface area contributed by atoms with Crippen LogP contribution in [0, 0.1) is 0 Å². The topological polar surface area (TPSA) is 111 Å². The van der Waals surface area contributed by atoms with E-state index in [4.69, 9.17) is 10.5 Å². The van der Waals surface area contributed by atoms with Crippen molar-refractivity contribution in [3.63, 3.8) is 0 Å². The van der Waals surface area contributed by atoms with E-state index in [0.717, 1.165) is 18.4 Å². The van der Waals surface area contributed by atoms with Gasteiger partial charge in [0.2, 0.25) is 15.9 Å². The van der Waals surface area contributed by atoms with Gasteiger partial charge in [0.05, 0.1) is 24.1 Å². The van der Waals surface area contributed by atoms with Gasteiger partial charge in [-0.15, -0.1) is 12.4 Å². The van der Waals surface area contributed by atoms with Gasteiger partial charge < -0.3 is 15.8 Å². The maximum atomic E-state index is 12.4. The number of amides is 1. The largest absolute Gasteiger partial charge is 0.495 e. The second-order valence-electron chi connectivity index (χ2n) is 6.22. The number of hydrogen-bond acceptors (Lipinski definition) is 5. The molecule has 2 aromatic rings. The normalized spacial score (nSPS) is 13.5. The standard InChI is InChI=1S/C18H21N3O4S.ClH/c1-25-17-9-8-15(26(23,24)21-14-6-7-14)11-16(17)20-18(22)10-12-2-4-13(19)5-3-12;/h2-5,8-9,11,14,21H,6-7,10,19H2,1H3,(H,20,22);1H. The van der Waals surface area contributed by atoms with E-state index >= 15 is 0 Å². The van der Waals surface area contributed by atoms with Gasteiger partial charge in [-0.1, -0.05) is 12.1 Å². The second kappa shape index (κ2) is 8.60. The SMILES string of the molecule is COc1ccc(S(=O)(=O)NC2CC2)cc1NC(=O)Cc1ccc(N)cc1.Cl. The van der Waals surface area contributed by atoms with Gasteiger partial charge in [0.1, 0.15) is 5.75 Å². The van der Waals surface area contributed by atoms with Gasteiger partial charge >= 0.3 is 0 Å². The lowest BCUT2D eigenvalue weighted by Crippen LogP contribution is -2.26. The van der Waals surface area contributed by atoms with Gasteiger partial charge in [0.25, 0.3) is 0 Å². The van der Waals surface area contributed by atoms with Crippen LogP contribution in [0.15, 0.2) is 47.4 Å². The predicted octanol–water partition coefficient (Wildman–Crippen LogP) is 2.32. The molecule has 1 fully saturated rings. The fraction of sp³-hybridized carbons (Fsp3) is 0.278.